The fraction of sp³-hybridized carbons (Fsp3) is 0.417. The largest absolute Gasteiger partial charge is 0.478 e. The predicted molar refractivity (Wildman–Crippen MR) is 80.8 cm³/mol. The van der Waals surface area contributed by atoms with Crippen molar-refractivity contribution in [2.75, 3.05) is 6.54 Å². The molecule has 1 atom stereocenters. The van der Waals surface area contributed by atoms with Crippen LogP contribution in [0.25, 0.3) is 0 Å². The molecule has 0 spiro atoms. The molecular weight excluding hydrogens is 370 g/mol. The lowest BCUT2D eigenvalue weighted by Crippen LogP contribution is -2.28. The van der Waals surface area contributed by atoms with E-state index < -0.39 is 16.0 Å². The molecule has 0 saturated heterocycles. The number of hydrogen-bond acceptors (Lipinski definition) is 3. The van der Waals surface area contributed by atoms with Crippen LogP contribution in [0.3, 0.4) is 0 Å². The Balaban J connectivity index is 3.16. The summed E-state index contributed by atoms with van der Waals surface area (Å²) in [4.78, 5) is 10.9. The first-order valence-electron chi connectivity index (χ1n) is 5.91. The molecular formula is C12H15BrClNO4S. The predicted octanol–water partition coefficient (Wildman–Crippen LogP) is 3.13. The van der Waals surface area contributed by atoms with Gasteiger partial charge in [0.15, 0.2) is 0 Å². The molecule has 0 fully saturated rings. The molecule has 20 heavy (non-hydrogen) atoms. The molecule has 1 aromatic carbocycles. The highest BCUT2D eigenvalue weighted by Gasteiger charge is 2.21. The van der Waals surface area contributed by atoms with E-state index in [2.05, 4.69) is 20.7 Å². The molecule has 0 aromatic heterocycles. The fourth-order valence-corrected chi connectivity index (χ4v) is 3.37. The molecule has 0 aliphatic carbocycles. The van der Waals surface area contributed by atoms with Crippen LogP contribution in [0, 0.1) is 5.92 Å². The number of benzene rings is 1. The van der Waals surface area contributed by atoms with Crippen molar-refractivity contribution in [1.29, 1.82) is 0 Å². The summed E-state index contributed by atoms with van der Waals surface area (Å²) in [5.74, 6) is -1.09. The quantitative estimate of drug-likeness (QED) is 0.789. The third-order valence-corrected chi connectivity index (χ3v) is 5.53. The number of rotatable bonds is 6. The van der Waals surface area contributed by atoms with E-state index in [4.69, 9.17) is 16.7 Å². The second-order valence-corrected chi connectivity index (χ2v) is 7.44. The second-order valence-electron chi connectivity index (χ2n) is 4.44. The molecule has 112 valence electrons. The molecule has 5 nitrogen and oxygen atoms in total. The number of hydrogen-bond donors (Lipinski definition) is 2. The van der Waals surface area contributed by atoms with Gasteiger partial charge >= 0.3 is 5.97 Å². The molecule has 0 amide bonds. The summed E-state index contributed by atoms with van der Waals surface area (Å²) in [6.45, 7) is 4.17. The standard InChI is InChI=1S/C12H15BrClNO4S/c1-3-7(2)6-15-20(18,19)8-4-9(12(16)17)11(14)10(13)5-8/h4-5,7,15H,3,6H2,1-2H3,(H,16,17). The minimum atomic E-state index is -3.76. The molecule has 0 saturated carbocycles. The van der Waals surface area contributed by atoms with Crippen molar-refractivity contribution in [3.63, 3.8) is 0 Å². The number of nitrogens with one attached hydrogen (secondary N) is 1. The molecule has 0 radical (unpaired) electrons. The Bertz CT molecular complexity index is 618. The van der Waals surface area contributed by atoms with Gasteiger partial charge in [-0.15, -0.1) is 0 Å². The number of carboxylic acid groups (broad SMARTS) is 1. The van der Waals surface area contributed by atoms with E-state index in [9.17, 15) is 13.2 Å². The minimum Gasteiger partial charge on any atom is -0.478 e. The van der Waals surface area contributed by atoms with E-state index in [-0.39, 0.29) is 25.9 Å². The van der Waals surface area contributed by atoms with Gasteiger partial charge in [-0.25, -0.2) is 17.9 Å². The van der Waals surface area contributed by atoms with Gasteiger partial charge in [-0.2, -0.15) is 0 Å². The highest BCUT2D eigenvalue weighted by Crippen LogP contribution is 2.29. The van der Waals surface area contributed by atoms with Crippen LogP contribution in [-0.4, -0.2) is 26.0 Å². The van der Waals surface area contributed by atoms with E-state index in [1.165, 1.54) is 6.07 Å². The summed E-state index contributed by atoms with van der Waals surface area (Å²) in [5, 5.41) is 8.99. The molecule has 1 rings (SSSR count). The Morgan fingerprint density at radius 1 is 1.50 bits per heavy atom. The fourth-order valence-electron chi connectivity index (χ4n) is 1.35. The Morgan fingerprint density at radius 3 is 2.60 bits per heavy atom. The number of halogens is 2. The number of carboxylic acids is 1. The Hall–Kier alpha value is -0.630. The van der Waals surface area contributed by atoms with Crippen molar-refractivity contribution in [1.82, 2.24) is 4.72 Å². The van der Waals surface area contributed by atoms with Gasteiger partial charge in [0.05, 0.1) is 15.5 Å². The first-order valence-corrected chi connectivity index (χ1v) is 8.56. The minimum absolute atomic E-state index is 0.0293. The molecule has 0 aliphatic rings. The van der Waals surface area contributed by atoms with E-state index >= 15 is 0 Å². The lowest BCUT2D eigenvalue weighted by molar-refractivity contribution is 0.0696. The average molecular weight is 385 g/mol. The molecule has 1 aromatic rings. The van der Waals surface area contributed by atoms with Crippen molar-refractivity contribution in [2.45, 2.75) is 25.2 Å². The molecule has 2 N–H and O–H groups in total. The van der Waals surface area contributed by atoms with Gasteiger partial charge in [0.25, 0.3) is 0 Å². The van der Waals surface area contributed by atoms with Gasteiger partial charge in [0, 0.05) is 11.0 Å². The van der Waals surface area contributed by atoms with Crippen LogP contribution >= 0.6 is 27.5 Å². The number of sulfonamides is 1. The normalized spacial score (nSPS) is 13.2. The summed E-state index contributed by atoms with van der Waals surface area (Å²) in [6.07, 6.45) is 0.840. The zero-order valence-electron chi connectivity index (χ0n) is 11.0. The highest BCUT2D eigenvalue weighted by atomic mass is 79.9. The van der Waals surface area contributed by atoms with Crippen LogP contribution in [0.5, 0.6) is 0 Å². The van der Waals surface area contributed by atoms with Gasteiger partial charge in [0.1, 0.15) is 0 Å². The number of carbonyl (C=O) groups is 1. The Kier molecular flexibility index (Phi) is 6.00. The zero-order valence-corrected chi connectivity index (χ0v) is 14.1. The third-order valence-electron chi connectivity index (χ3n) is 2.86. The average Bonchev–Trinajstić information content (AvgIpc) is 2.38. The van der Waals surface area contributed by atoms with Crippen LogP contribution in [0.15, 0.2) is 21.5 Å². The van der Waals surface area contributed by atoms with E-state index in [0.29, 0.717) is 6.54 Å². The molecule has 8 heteroatoms. The molecule has 0 bridgehead atoms. The first-order chi connectivity index (χ1) is 9.19. The van der Waals surface area contributed by atoms with Crippen LogP contribution in [0.1, 0.15) is 30.6 Å². The van der Waals surface area contributed by atoms with Crippen molar-refractivity contribution < 1.29 is 18.3 Å². The summed E-state index contributed by atoms with van der Waals surface area (Å²) < 4.78 is 26.9. The lowest BCUT2D eigenvalue weighted by Gasteiger charge is -2.12. The third kappa shape index (κ3) is 4.18. The smallest absolute Gasteiger partial charge is 0.337 e. The molecule has 0 aliphatic heterocycles. The first kappa shape index (κ1) is 17.4. The van der Waals surface area contributed by atoms with Crippen LogP contribution in [0.2, 0.25) is 5.02 Å². The van der Waals surface area contributed by atoms with Crippen LogP contribution in [-0.2, 0) is 10.0 Å². The zero-order chi connectivity index (χ0) is 15.5. The summed E-state index contributed by atoms with van der Waals surface area (Å²) in [6, 6.07) is 2.34. The second kappa shape index (κ2) is 6.89. The maximum Gasteiger partial charge on any atom is 0.337 e. The van der Waals surface area contributed by atoms with Gasteiger partial charge in [-0.05, 0) is 34.0 Å². The SMILES string of the molecule is CCC(C)CNS(=O)(=O)c1cc(Br)c(Cl)c(C(=O)O)c1. The monoisotopic (exact) mass is 383 g/mol. The van der Waals surface area contributed by atoms with E-state index in [1.54, 1.807) is 0 Å². The maximum absolute atomic E-state index is 12.1. The maximum atomic E-state index is 12.1. The van der Waals surface area contributed by atoms with E-state index in [0.717, 1.165) is 12.5 Å². The van der Waals surface area contributed by atoms with E-state index in [1.807, 2.05) is 13.8 Å². The van der Waals surface area contributed by atoms with Crippen LogP contribution in [0.4, 0.5) is 0 Å². The Labute approximate surface area is 131 Å². The summed E-state index contributed by atoms with van der Waals surface area (Å²) in [5.41, 5.74) is -0.259. The highest BCUT2D eigenvalue weighted by molar-refractivity contribution is 9.10. The van der Waals surface area contributed by atoms with Gasteiger partial charge in [-0.3, -0.25) is 0 Å². The molecule has 0 heterocycles. The lowest BCUT2D eigenvalue weighted by atomic mass is 10.1. The number of aromatic carboxylic acids is 1. The van der Waals surface area contributed by atoms with Gasteiger partial charge < -0.3 is 5.11 Å². The topological polar surface area (TPSA) is 83.5 Å². The van der Waals surface area contributed by atoms with Gasteiger partial charge in [-0.1, -0.05) is 31.9 Å². The Morgan fingerprint density at radius 2 is 2.10 bits per heavy atom. The van der Waals surface area contributed by atoms with Crippen molar-refractivity contribution in [3.8, 4) is 0 Å². The van der Waals surface area contributed by atoms with Crippen LogP contribution < -0.4 is 4.72 Å². The summed E-state index contributed by atoms with van der Waals surface area (Å²) in [7, 11) is -3.76. The van der Waals surface area contributed by atoms with Crippen molar-refractivity contribution >= 4 is 43.5 Å². The summed E-state index contributed by atoms with van der Waals surface area (Å²) >= 11 is 8.88. The van der Waals surface area contributed by atoms with Gasteiger partial charge in [0.2, 0.25) is 10.0 Å². The van der Waals surface area contributed by atoms with Crippen molar-refractivity contribution in [2.24, 2.45) is 5.92 Å². The van der Waals surface area contributed by atoms with Crippen molar-refractivity contribution in [3.05, 3.63) is 27.2 Å². The molecule has 1 unspecified atom stereocenters.